The van der Waals surface area contributed by atoms with E-state index < -0.39 is 10.8 Å². The van der Waals surface area contributed by atoms with Crippen LogP contribution in [0, 0.1) is 0 Å². The Hall–Kier alpha value is -1.39. The largest absolute Gasteiger partial charge is 0.399 e. The lowest BCUT2D eigenvalue weighted by atomic mass is 10.2. The lowest BCUT2D eigenvalue weighted by molar-refractivity contribution is 0.682. The van der Waals surface area contributed by atoms with E-state index in [0.717, 1.165) is 12.0 Å². The molecule has 1 unspecified atom stereocenters. The number of hydrogen-bond acceptors (Lipinski definition) is 3. The van der Waals surface area contributed by atoms with Crippen LogP contribution in [-0.2, 0) is 17.2 Å². The van der Waals surface area contributed by atoms with Gasteiger partial charge in [-0.2, -0.15) is 0 Å². The van der Waals surface area contributed by atoms with Crippen LogP contribution in [0.3, 0.4) is 0 Å². The van der Waals surface area contributed by atoms with Crippen molar-refractivity contribution in [2.75, 3.05) is 11.5 Å². The van der Waals surface area contributed by atoms with Crippen LogP contribution in [0.15, 0.2) is 47.6 Å². The minimum atomic E-state index is -1.14. The third-order valence-electron chi connectivity index (χ3n) is 2.53. The van der Waals surface area contributed by atoms with Gasteiger partial charge in [-0.1, -0.05) is 11.6 Å². The zero-order chi connectivity index (χ0) is 13.0. The Morgan fingerprint density at radius 3 is 2.67 bits per heavy atom. The minimum Gasteiger partial charge on any atom is -0.399 e. The summed E-state index contributed by atoms with van der Waals surface area (Å²) in [6.07, 6.45) is 4.18. The fraction of sp³-hybridized carbons (Fsp3) is 0.154. The molecule has 1 aromatic heterocycles. The van der Waals surface area contributed by atoms with Crippen LogP contribution in [0.5, 0.6) is 0 Å². The van der Waals surface area contributed by atoms with Gasteiger partial charge < -0.3 is 5.73 Å². The summed E-state index contributed by atoms with van der Waals surface area (Å²) in [5.41, 5.74) is 7.36. The van der Waals surface area contributed by atoms with Crippen LogP contribution in [0.1, 0.15) is 5.56 Å². The molecule has 2 N–H and O–H groups in total. The Morgan fingerprint density at radius 1 is 1.22 bits per heavy atom. The predicted octanol–water partition coefficient (Wildman–Crippen LogP) is 2.67. The van der Waals surface area contributed by atoms with Crippen LogP contribution in [0.2, 0.25) is 5.02 Å². The number of benzene rings is 1. The monoisotopic (exact) mass is 280 g/mol. The zero-order valence-corrected chi connectivity index (χ0v) is 11.2. The van der Waals surface area contributed by atoms with Gasteiger partial charge in [0.2, 0.25) is 0 Å². The number of rotatable bonds is 4. The Balaban J connectivity index is 2.06. The number of anilines is 1. The molecule has 0 aliphatic heterocycles. The molecule has 0 aliphatic carbocycles. The third-order valence-corrected chi connectivity index (χ3v) is 4.37. The molecule has 3 nitrogen and oxygen atoms in total. The summed E-state index contributed by atoms with van der Waals surface area (Å²) in [5, 5.41) is 0.497. The Kier molecular flexibility index (Phi) is 4.33. The van der Waals surface area contributed by atoms with Gasteiger partial charge in [0.25, 0.3) is 0 Å². The summed E-state index contributed by atoms with van der Waals surface area (Å²) in [6.45, 7) is 0. The zero-order valence-electron chi connectivity index (χ0n) is 9.67. The number of nitrogens with zero attached hydrogens (tertiary/aromatic N) is 1. The van der Waals surface area contributed by atoms with E-state index in [1.807, 2.05) is 12.1 Å². The van der Waals surface area contributed by atoms with E-state index in [9.17, 15) is 4.21 Å². The second-order valence-electron chi connectivity index (χ2n) is 3.84. The van der Waals surface area contributed by atoms with Gasteiger partial charge in [0, 0.05) is 23.8 Å². The normalized spacial score (nSPS) is 12.3. The topological polar surface area (TPSA) is 56.0 Å². The summed E-state index contributed by atoms with van der Waals surface area (Å²) < 4.78 is 12.1. The average Bonchev–Trinajstić information content (AvgIpc) is 2.40. The van der Waals surface area contributed by atoms with Crippen molar-refractivity contribution < 1.29 is 4.21 Å². The molecule has 2 aromatic rings. The highest BCUT2D eigenvalue weighted by molar-refractivity contribution is 7.85. The lowest BCUT2D eigenvalue weighted by Crippen LogP contribution is -2.03. The van der Waals surface area contributed by atoms with Gasteiger partial charge in [0.1, 0.15) is 0 Å². The molecule has 0 saturated heterocycles. The van der Waals surface area contributed by atoms with Crippen LogP contribution >= 0.6 is 11.6 Å². The van der Waals surface area contributed by atoms with Crippen LogP contribution < -0.4 is 5.73 Å². The highest BCUT2D eigenvalue weighted by Crippen LogP contribution is 2.22. The van der Waals surface area contributed by atoms with E-state index in [-0.39, 0.29) is 0 Å². The fourth-order valence-electron chi connectivity index (χ4n) is 1.56. The molecule has 5 heteroatoms. The van der Waals surface area contributed by atoms with Gasteiger partial charge in [0.05, 0.1) is 20.7 Å². The first kappa shape index (κ1) is 13.1. The Morgan fingerprint density at radius 2 is 1.94 bits per heavy atom. The molecule has 1 heterocycles. The van der Waals surface area contributed by atoms with Crippen molar-refractivity contribution in [3.05, 3.63) is 53.3 Å². The second-order valence-corrected chi connectivity index (χ2v) is 5.79. The number of nitrogens with two attached hydrogens (primary N) is 1. The second kappa shape index (κ2) is 5.98. The molecule has 1 aromatic carbocycles. The summed E-state index contributed by atoms with van der Waals surface area (Å²) in [7, 11) is -1.14. The maximum atomic E-state index is 12.1. The summed E-state index contributed by atoms with van der Waals surface area (Å²) >= 11 is 6.01. The summed E-state index contributed by atoms with van der Waals surface area (Å²) in [6, 6.07) is 8.88. The lowest BCUT2D eigenvalue weighted by Gasteiger charge is -2.06. The number of pyridine rings is 1. The van der Waals surface area contributed by atoms with Crippen LogP contribution in [0.25, 0.3) is 0 Å². The van der Waals surface area contributed by atoms with Crippen molar-refractivity contribution in [1.82, 2.24) is 4.98 Å². The van der Waals surface area contributed by atoms with E-state index >= 15 is 0 Å². The number of hydrogen-bond donors (Lipinski definition) is 1. The van der Waals surface area contributed by atoms with Gasteiger partial charge in [-0.15, -0.1) is 0 Å². The first-order valence-corrected chi connectivity index (χ1v) is 7.19. The minimum absolute atomic E-state index is 0.497. The number of aromatic nitrogens is 1. The molecular weight excluding hydrogens is 268 g/mol. The van der Waals surface area contributed by atoms with E-state index in [4.69, 9.17) is 17.3 Å². The van der Waals surface area contributed by atoms with Gasteiger partial charge in [0.15, 0.2) is 0 Å². The van der Waals surface area contributed by atoms with Gasteiger partial charge in [-0.25, -0.2) is 0 Å². The maximum Gasteiger partial charge on any atom is 0.0594 e. The summed E-state index contributed by atoms with van der Waals surface area (Å²) in [4.78, 5) is 4.55. The fourth-order valence-corrected chi connectivity index (χ4v) is 3.13. The molecule has 94 valence electrons. The van der Waals surface area contributed by atoms with Gasteiger partial charge in [-0.3, -0.25) is 9.19 Å². The predicted molar refractivity (Wildman–Crippen MR) is 75.1 cm³/mol. The quantitative estimate of drug-likeness (QED) is 0.876. The van der Waals surface area contributed by atoms with E-state index in [1.165, 1.54) is 0 Å². The van der Waals surface area contributed by atoms with E-state index in [2.05, 4.69) is 4.98 Å². The van der Waals surface area contributed by atoms with Gasteiger partial charge >= 0.3 is 0 Å². The first-order chi connectivity index (χ1) is 8.66. The molecule has 0 amide bonds. The first-order valence-electron chi connectivity index (χ1n) is 5.49. The molecule has 18 heavy (non-hydrogen) atoms. The standard InChI is InChI=1S/C13H13ClN2OS/c14-12-2-1-11(15)9-13(12)18(17)8-5-10-3-6-16-7-4-10/h1-4,6-7,9H,5,8,15H2. The maximum absolute atomic E-state index is 12.1. The molecule has 0 saturated carbocycles. The molecule has 2 rings (SSSR count). The van der Waals surface area contributed by atoms with Crippen molar-refractivity contribution in [2.24, 2.45) is 0 Å². The smallest absolute Gasteiger partial charge is 0.0594 e. The van der Waals surface area contributed by atoms with Crippen molar-refractivity contribution in [1.29, 1.82) is 0 Å². The van der Waals surface area contributed by atoms with E-state index in [0.29, 0.717) is 21.4 Å². The van der Waals surface area contributed by atoms with E-state index in [1.54, 1.807) is 30.6 Å². The molecular formula is C13H13ClN2OS. The SMILES string of the molecule is Nc1ccc(Cl)c(S(=O)CCc2ccncc2)c1. The Bertz CT molecular complexity index is 560. The van der Waals surface area contributed by atoms with Crippen molar-refractivity contribution in [3.8, 4) is 0 Å². The van der Waals surface area contributed by atoms with Crippen LogP contribution in [-0.4, -0.2) is 14.9 Å². The third kappa shape index (κ3) is 3.31. The van der Waals surface area contributed by atoms with Crippen molar-refractivity contribution in [2.45, 2.75) is 11.3 Å². The average molecular weight is 281 g/mol. The van der Waals surface area contributed by atoms with Crippen molar-refractivity contribution in [3.63, 3.8) is 0 Å². The summed E-state index contributed by atoms with van der Waals surface area (Å²) in [5.74, 6) is 0.521. The molecule has 0 radical (unpaired) electrons. The molecule has 0 aliphatic rings. The van der Waals surface area contributed by atoms with Crippen molar-refractivity contribution >= 4 is 28.1 Å². The van der Waals surface area contributed by atoms with Crippen LogP contribution in [0.4, 0.5) is 5.69 Å². The molecule has 1 atom stereocenters. The molecule has 0 spiro atoms. The number of nitrogen functional groups attached to an aromatic ring is 1. The number of halogens is 1. The Labute approximate surface area is 113 Å². The highest BCUT2D eigenvalue weighted by atomic mass is 35.5. The molecule has 0 fully saturated rings. The van der Waals surface area contributed by atoms with Gasteiger partial charge in [-0.05, 0) is 42.3 Å². The molecule has 0 bridgehead atoms. The highest BCUT2D eigenvalue weighted by Gasteiger charge is 2.09. The number of aryl methyl sites for hydroxylation is 1.